The molecule has 1 aliphatic rings. The molecule has 2 N–H and O–H groups in total. The predicted molar refractivity (Wildman–Crippen MR) is 110 cm³/mol. The zero-order chi connectivity index (χ0) is 18.6. The van der Waals surface area contributed by atoms with Gasteiger partial charge in [0.2, 0.25) is 0 Å². The van der Waals surface area contributed by atoms with E-state index in [0.717, 1.165) is 5.75 Å². The summed E-state index contributed by atoms with van der Waals surface area (Å²) in [6.07, 6.45) is 7.60. The van der Waals surface area contributed by atoms with E-state index >= 15 is 0 Å². The third kappa shape index (κ3) is 4.03. The molecule has 0 saturated heterocycles. The van der Waals surface area contributed by atoms with Crippen molar-refractivity contribution < 1.29 is 10.2 Å². The number of phenolic OH excluding ortho intramolecular Hbond substituents is 2. The molecule has 3 heteroatoms. The fourth-order valence-electron chi connectivity index (χ4n) is 4.16. The van der Waals surface area contributed by atoms with E-state index in [-0.39, 0.29) is 5.41 Å². The van der Waals surface area contributed by atoms with Gasteiger partial charge in [-0.05, 0) is 47.7 Å². The Morgan fingerprint density at radius 3 is 2.38 bits per heavy atom. The maximum Gasteiger partial charge on any atom is 0.116 e. The van der Waals surface area contributed by atoms with Gasteiger partial charge in [-0.25, -0.2) is 0 Å². The molecule has 3 rings (SSSR count). The Kier molecular flexibility index (Phi) is 6.18. The van der Waals surface area contributed by atoms with Crippen LogP contribution in [0.3, 0.4) is 0 Å². The van der Waals surface area contributed by atoms with Gasteiger partial charge in [-0.2, -0.15) is 0 Å². The second-order valence-electron chi connectivity index (χ2n) is 7.73. The van der Waals surface area contributed by atoms with Crippen molar-refractivity contribution in [3.05, 3.63) is 53.6 Å². The molecule has 1 aliphatic heterocycles. The Hall–Kier alpha value is -1.61. The second-order valence-corrected chi connectivity index (χ2v) is 8.75. The normalized spacial score (nSPS) is 22.2. The van der Waals surface area contributed by atoms with Crippen LogP contribution in [-0.2, 0) is 5.41 Å². The van der Waals surface area contributed by atoms with Crippen LogP contribution in [0.4, 0.5) is 0 Å². The van der Waals surface area contributed by atoms with Gasteiger partial charge in [-0.1, -0.05) is 64.2 Å². The summed E-state index contributed by atoms with van der Waals surface area (Å²) in [5, 5.41) is 19.6. The molecule has 1 heterocycles. The zero-order valence-electron chi connectivity index (χ0n) is 15.9. The molecule has 0 aromatic heterocycles. The number of benzene rings is 2. The molecule has 0 radical (unpaired) electrons. The van der Waals surface area contributed by atoms with Gasteiger partial charge in [0, 0.05) is 16.1 Å². The summed E-state index contributed by atoms with van der Waals surface area (Å²) in [5.41, 5.74) is 2.69. The Morgan fingerprint density at radius 1 is 0.962 bits per heavy atom. The third-order valence-corrected chi connectivity index (χ3v) is 7.20. The van der Waals surface area contributed by atoms with Crippen molar-refractivity contribution in [1.82, 2.24) is 0 Å². The largest absolute Gasteiger partial charge is 0.508 e. The van der Waals surface area contributed by atoms with Crippen molar-refractivity contribution in [2.45, 2.75) is 68.6 Å². The van der Waals surface area contributed by atoms with E-state index in [1.165, 1.54) is 54.5 Å². The van der Waals surface area contributed by atoms with Crippen LogP contribution in [0.2, 0.25) is 0 Å². The van der Waals surface area contributed by atoms with Crippen molar-refractivity contribution >= 4 is 11.8 Å². The van der Waals surface area contributed by atoms with E-state index in [2.05, 4.69) is 32.0 Å². The van der Waals surface area contributed by atoms with Gasteiger partial charge in [0.1, 0.15) is 11.5 Å². The van der Waals surface area contributed by atoms with Gasteiger partial charge in [0.05, 0.1) is 0 Å². The van der Waals surface area contributed by atoms with Crippen molar-refractivity contribution in [2.24, 2.45) is 0 Å². The molecular formula is C23H30O2S. The monoisotopic (exact) mass is 370 g/mol. The van der Waals surface area contributed by atoms with E-state index < -0.39 is 0 Å². The van der Waals surface area contributed by atoms with Crippen LogP contribution < -0.4 is 0 Å². The van der Waals surface area contributed by atoms with Crippen molar-refractivity contribution in [3.63, 3.8) is 0 Å². The molecule has 2 nitrogen and oxygen atoms in total. The predicted octanol–water partition coefficient (Wildman–Crippen LogP) is 6.61. The number of phenols is 2. The highest BCUT2D eigenvalue weighted by molar-refractivity contribution is 7.99. The lowest BCUT2D eigenvalue weighted by atomic mass is 9.68. The highest BCUT2D eigenvalue weighted by atomic mass is 32.2. The minimum Gasteiger partial charge on any atom is -0.508 e. The number of aromatic hydroxyl groups is 2. The number of hydrogen-bond donors (Lipinski definition) is 2. The topological polar surface area (TPSA) is 40.5 Å². The van der Waals surface area contributed by atoms with E-state index in [1.807, 2.05) is 23.9 Å². The molecule has 0 fully saturated rings. The molecule has 2 aromatic rings. The maximum absolute atomic E-state index is 9.88. The Balaban J connectivity index is 1.89. The summed E-state index contributed by atoms with van der Waals surface area (Å²) in [5.74, 6) is 2.10. The highest BCUT2D eigenvalue weighted by Crippen LogP contribution is 2.52. The van der Waals surface area contributed by atoms with Crippen LogP contribution >= 0.6 is 11.8 Å². The first-order valence-electron chi connectivity index (χ1n) is 9.80. The van der Waals surface area contributed by atoms with Gasteiger partial charge in [-0.15, -0.1) is 11.8 Å². The van der Waals surface area contributed by atoms with E-state index in [9.17, 15) is 10.2 Å². The molecule has 0 aliphatic carbocycles. The van der Waals surface area contributed by atoms with Gasteiger partial charge in [-0.3, -0.25) is 0 Å². The number of rotatable bonds is 7. The Morgan fingerprint density at radius 2 is 1.65 bits per heavy atom. The standard InChI is InChI=1S/C23H30O2S/c1-3-4-5-6-7-8-21-20-14-13-19(25)15-22(20)26-16-23(21,2)17-9-11-18(24)12-10-17/h9-15,21,24-25H,3-8,16H2,1-2H3/t21-,23-/m1/s1. The number of unbranched alkanes of at least 4 members (excludes halogenated alkanes) is 4. The number of fused-ring (bicyclic) bond motifs is 1. The minimum absolute atomic E-state index is 0.0348. The lowest BCUT2D eigenvalue weighted by Gasteiger charge is -2.43. The van der Waals surface area contributed by atoms with Crippen LogP contribution in [0, 0.1) is 0 Å². The molecule has 140 valence electrons. The number of hydrogen-bond acceptors (Lipinski definition) is 3. The fraction of sp³-hybridized carbons (Fsp3) is 0.478. The van der Waals surface area contributed by atoms with Crippen molar-refractivity contribution in [1.29, 1.82) is 0 Å². The lowest BCUT2D eigenvalue weighted by Crippen LogP contribution is -2.36. The highest BCUT2D eigenvalue weighted by Gasteiger charge is 2.41. The molecule has 0 amide bonds. The smallest absolute Gasteiger partial charge is 0.116 e. The number of thioether (sulfide) groups is 1. The van der Waals surface area contributed by atoms with E-state index in [1.54, 1.807) is 12.1 Å². The van der Waals surface area contributed by atoms with Crippen LogP contribution in [0.25, 0.3) is 0 Å². The van der Waals surface area contributed by atoms with Crippen molar-refractivity contribution in [2.75, 3.05) is 5.75 Å². The summed E-state index contributed by atoms with van der Waals surface area (Å²) in [7, 11) is 0. The zero-order valence-corrected chi connectivity index (χ0v) is 16.7. The van der Waals surface area contributed by atoms with Crippen molar-refractivity contribution in [3.8, 4) is 11.5 Å². The van der Waals surface area contributed by atoms with Gasteiger partial charge < -0.3 is 10.2 Å². The molecule has 0 saturated carbocycles. The first-order valence-corrected chi connectivity index (χ1v) is 10.8. The summed E-state index contributed by atoms with van der Waals surface area (Å²) in [6, 6.07) is 13.6. The van der Waals surface area contributed by atoms with E-state index in [0.29, 0.717) is 17.4 Å². The average molecular weight is 371 g/mol. The Labute approximate surface area is 161 Å². The first kappa shape index (κ1) is 19.2. The van der Waals surface area contributed by atoms with Gasteiger partial charge >= 0.3 is 0 Å². The molecule has 0 bridgehead atoms. The molecule has 0 unspecified atom stereocenters. The van der Waals surface area contributed by atoms with Crippen LogP contribution in [0.5, 0.6) is 11.5 Å². The first-order chi connectivity index (χ1) is 12.5. The van der Waals surface area contributed by atoms with Gasteiger partial charge in [0.15, 0.2) is 0 Å². The molecular weight excluding hydrogens is 340 g/mol. The van der Waals surface area contributed by atoms with E-state index in [4.69, 9.17) is 0 Å². The third-order valence-electron chi connectivity index (χ3n) is 5.79. The van der Waals surface area contributed by atoms with Crippen LogP contribution in [0.15, 0.2) is 47.4 Å². The summed E-state index contributed by atoms with van der Waals surface area (Å²) < 4.78 is 0. The second kappa shape index (κ2) is 8.39. The molecule has 0 spiro atoms. The van der Waals surface area contributed by atoms with Crippen LogP contribution in [0.1, 0.15) is 69.4 Å². The Bertz CT molecular complexity index is 725. The maximum atomic E-state index is 9.88. The fourth-order valence-corrected chi connectivity index (χ4v) is 5.56. The summed E-state index contributed by atoms with van der Waals surface area (Å²) >= 11 is 1.84. The van der Waals surface area contributed by atoms with Gasteiger partial charge in [0.25, 0.3) is 0 Å². The molecule has 2 atom stereocenters. The molecule has 26 heavy (non-hydrogen) atoms. The summed E-state index contributed by atoms with van der Waals surface area (Å²) in [4.78, 5) is 1.22. The lowest BCUT2D eigenvalue weighted by molar-refractivity contribution is 0.371. The van der Waals surface area contributed by atoms with Crippen LogP contribution in [-0.4, -0.2) is 16.0 Å². The quantitative estimate of drug-likeness (QED) is 0.539. The average Bonchev–Trinajstić information content (AvgIpc) is 2.63. The molecule has 2 aromatic carbocycles. The SMILES string of the molecule is CCCCCCC[C@@H]1c2ccc(O)cc2SC[C@]1(C)c1ccc(O)cc1. The summed E-state index contributed by atoms with van der Waals surface area (Å²) in [6.45, 7) is 4.61. The minimum atomic E-state index is 0.0348.